The number of para-hydroxylation sites is 1. The lowest BCUT2D eigenvalue weighted by atomic mass is 10.1. The van der Waals surface area contributed by atoms with Crippen LogP contribution >= 0.6 is 11.6 Å². The number of benzene rings is 2. The van der Waals surface area contributed by atoms with Crippen LogP contribution in [0.1, 0.15) is 22.8 Å². The Hall–Kier alpha value is -2.98. The van der Waals surface area contributed by atoms with Crippen LogP contribution in [0.2, 0.25) is 5.02 Å². The van der Waals surface area contributed by atoms with E-state index < -0.39 is 18.7 Å². The van der Waals surface area contributed by atoms with Crippen molar-refractivity contribution in [1.29, 1.82) is 0 Å². The van der Waals surface area contributed by atoms with Gasteiger partial charge in [-0.25, -0.2) is 4.79 Å². The third-order valence-electron chi connectivity index (χ3n) is 5.26. The van der Waals surface area contributed by atoms with E-state index in [1.165, 1.54) is 23.1 Å². The van der Waals surface area contributed by atoms with Gasteiger partial charge in [0.1, 0.15) is 5.75 Å². The Bertz CT molecular complexity index is 1030. The second-order valence-corrected chi connectivity index (χ2v) is 8.20. The van der Waals surface area contributed by atoms with Crippen molar-refractivity contribution in [2.75, 3.05) is 38.3 Å². The van der Waals surface area contributed by atoms with Gasteiger partial charge < -0.3 is 24.6 Å². The molecule has 1 aliphatic heterocycles. The monoisotopic (exact) mass is 499 g/mol. The normalized spacial score (nSPS) is 16.0. The van der Waals surface area contributed by atoms with Gasteiger partial charge in [0, 0.05) is 38.5 Å². The Labute approximate surface area is 200 Å². The number of carbonyl (C=O) groups is 2. The second-order valence-electron chi connectivity index (χ2n) is 7.79. The third-order valence-corrected chi connectivity index (χ3v) is 5.58. The number of hydrogen-bond donors (Lipinski definition) is 1. The molecule has 1 N–H and O–H groups in total. The summed E-state index contributed by atoms with van der Waals surface area (Å²) in [5, 5.41) is 2.77. The number of nitrogens with one attached hydrogen (secondary N) is 1. The molecule has 1 heterocycles. The second kappa shape index (κ2) is 11.0. The summed E-state index contributed by atoms with van der Waals surface area (Å²) in [6.07, 6.45) is -4.49. The summed E-state index contributed by atoms with van der Waals surface area (Å²) in [7, 11) is 1.54. The molecule has 2 aromatic rings. The van der Waals surface area contributed by atoms with Gasteiger partial charge in [-0.15, -0.1) is 0 Å². The summed E-state index contributed by atoms with van der Waals surface area (Å²) in [5.74, 6) is -0.532. The number of anilines is 1. The maximum Gasteiger partial charge on any atom is 0.422 e. The molecule has 0 unspecified atom stereocenters. The van der Waals surface area contributed by atoms with Gasteiger partial charge in [0.15, 0.2) is 6.61 Å². The molecule has 1 aliphatic rings. The van der Waals surface area contributed by atoms with Crippen molar-refractivity contribution in [1.82, 2.24) is 10.2 Å². The fourth-order valence-electron chi connectivity index (χ4n) is 3.60. The number of fused-ring (bicyclic) bond motifs is 1. The van der Waals surface area contributed by atoms with Crippen LogP contribution in [0, 0.1) is 0 Å². The molecular weight excluding hydrogens is 475 g/mol. The number of halogens is 4. The summed E-state index contributed by atoms with van der Waals surface area (Å²) < 4.78 is 47.0. The molecule has 0 aromatic heterocycles. The van der Waals surface area contributed by atoms with Crippen LogP contribution in [0.3, 0.4) is 0 Å². The number of amides is 3. The minimum Gasteiger partial charge on any atom is -0.484 e. The quantitative estimate of drug-likeness (QED) is 0.595. The van der Waals surface area contributed by atoms with E-state index >= 15 is 0 Å². The van der Waals surface area contributed by atoms with Crippen molar-refractivity contribution in [2.45, 2.75) is 25.7 Å². The highest BCUT2D eigenvalue weighted by atomic mass is 35.5. The molecule has 11 heteroatoms. The maximum atomic E-state index is 13.5. The Morgan fingerprint density at radius 2 is 1.94 bits per heavy atom. The third kappa shape index (κ3) is 6.32. The molecular formula is C23H25ClF3N3O4. The van der Waals surface area contributed by atoms with Crippen LogP contribution in [0.4, 0.5) is 23.7 Å². The highest BCUT2D eigenvalue weighted by Crippen LogP contribution is 2.31. The Morgan fingerprint density at radius 3 is 2.62 bits per heavy atom. The fourth-order valence-corrected chi connectivity index (χ4v) is 3.86. The SMILES string of the molecule is COCCNC(=O)N1Cc2ccccc2N(C(=O)c2ccc(OCC(F)(F)F)cc2Cl)C[C@H]1C. The Balaban J connectivity index is 1.85. The van der Waals surface area contributed by atoms with Crippen molar-refractivity contribution in [3.05, 3.63) is 58.6 Å². The lowest BCUT2D eigenvalue weighted by Gasteiger charge is -2.29. The molecule has 1 atom stereocenters. The summed E-state index contributed by atoms with van der Waals surface area (Å²) in [4.78, 5) is 29.4. The number of alkyl halides is 3. The van der Waals surface area contributed by atoms with Crippen LogP contribution in [0.15, 0.2) is 42.5 Å². The average molecular weight is 500 g/mol. The van der Waals surface area contributed by atoms with E-state index in [0.717, 1.165) is 5.56 Å². The zero-order valence-electron chi connectivity index (χ0n) is 18.7. The van der Waals surface area contributed by atoms with E-state index in [9.17, 15) is 22.8 Å². The predicted molar refractivity (Wildman–Crippen MR) is 121 cm³/mol. The lowest BCUT2D eigenvalue weighted by Crippen LogP contribution is -2.48. The van der Waals surface area contributed by atoms with Crippen molar-refractivity contribution >= 4 is 29.2 Å². The van der Waals surface area contributed by atoms with Crippen LogP contribution in [-0.4, -0.2) is 62.5 Å². The summed E-state index contributed by atoms with van der Waals surface area (Å²) in [6, 6.07) is 10.4. The smallest absolute Gasteiger partial charge is 0.422 e. The first kappa shape index (κ1) is 25.6. The highest BCUT2D eigenvalue weighted by molar-refractivity contribution is 6.34. The molecule has 3 rings (SSSR count). The van der Waals surface area contributed by atoms with Gasteiger partial charge in [-0.1, -0.05) is 29.8 Å². The van der Waals surface area contributed by atoms with Crippen molar-refractivity contribution in [3.8, 4) is 5.75 Å². The van der Waals surface area contributed by atoms with Crippen molar-refractivity contribution in [3.63, 3.8) is 0 Å². The molecule has 2 aromatic carbocycles. The first-order chi connectivity index (χ1) is 16.1. The van der Waals surface area contributed by atoms with E-state index in [1.807, 2.05) is 19.1 Å². The highest BCUT2D eigenvalue weighted by Gasteiger charge is 2.32. The Kier molecular flexibility index (Phi) is 8.27. The van der Waals surface area contributed by atoms with Crippen molar-refractivity contribution in [2.24, 2.45) is 0 Å². The van der Waals surface area contributed by atoms with Gasteiger partial charge in [0.05, 0.1) is 17.2 Å². The van der Waals surface area contributed by atoms with Gasteiger partial charge in [-0.2, -0.15) is 13.2 Å². The maximum absolute atomic E-state index is 13.5. The van der Waals surface area contributed by atoms with Gasteiger partial charge in [0.2, 0.25) is 0 Å². The number of carbonyl (C=O) groups excluding carboxylic acids is 2. The van der Waals surface area contributed by atoms with Gasteiger partial charge in [0.25, 0.3) is 5.91 Å². The number of ether oxygens (including phenoxy) is 2. The standard InChI is InChI=1S/C23H25ClF3N3O4/c1-15-12-30(21(31)18-8-7-17(11-19(18)24)34-14-23(25,26)27)20-6-4-3-5-16(20)13-29(15)22(32)28-9-10-33-2/h3-8,11,15H,9-10,12-14H2,1-2H3,(H,28,32)/t15-/m1/s1. The zero-order chi connectivity index (χ0) is 24.9. The molecule has 0 saturated heterocycles. The van der Waals surface area contributed by atoms with E-state index in [-0.39, 0.29) is 41.5 Å². The van der Waals surface area contributed by atoms with Crippen LogP contribution in [0.25, 0.3) is 0 Å². The number of rotatable bonds is 6. The fraction of sp³-hybridized carbons (Fsp3) is 0.391. The molecule has 0 radical (unpaired) electrons. The first-order valence-electron chi connectivity index (χ1n) is 10.5. The predicted octanol–water partition coefficient (Wildman–Crippen LogP) is 4.49. The van der Waals surface area contributed by atoms with Crippen LogP contribution < -0.4 is 15.0 Å². The summed E-state index contributed by atoms with van der Waals surface area (Å²) in [5.41, 5.74) is 1.50. The minimum absolute atomic E-state index is 0.0341. The average Bonchev–Trinajstić information content (AvgIpc) is 2.93. The topological polar surface area (TPSA) is 71.1 Å². The summed E-state index contributed by atoms with van der Waals surface area (Å²) in [6.45, 7) is 1.57. The Morgan fingerprint density at radius 1 is 1.21 bits per heavy atom. The van der Waals surface area contributed by atoms with E-state index in [0.29, 0.717) is 18.8 Å². The van der Waals surface area contributed by atoms with E-state index in [2.05, 4.69) is 5.32 Å². The van der Waals surface area contributed by atoms with Crippen LogP contribution in [-0.2, 0) is 11.3 Å². The van der Waals surface area contributed by atoms with E-state index in [1.54, 1.807) is 24.1 Å². The number of hydrogen-bond acceptors (Lipinski definition) is 4. The zero-order valence-corrected chi connectivity index (χ0v) is 19.4. The molecule has 0 saturated carbocycles. The number of nitrogens with zero attached hydrogens (tertiary/aromatic N) is 2. The van der Waals surface area contributed by atoms with E-state index in [4.69, 9.17) is 21.1 Å². The molecule has 0 spiro atoms. The first-order valence-corrected chi connectivity index (χ1v) is 10.9. The van der Waals surface area contributed by atoms with Gasteiger partial charge in [-0.3, -0.25) is 4.79 Å². The number of urea groups is 1. The van der Waals surface area contributed by atoms with Crippen LogP contribution in [0.5, 0.6) is 5.75 Å². The summed E-state index contributed by atoms with van der Waals surface area (Å²) >= 11 is 6.25. The molecule has 184 valence electrons. The molecule has 7 nitrogen and oxygen atoms in total. The van der Waals surface area contributed by atoms with Gasteiger partial charge in [-0.05, 0) is 36.8 Å². The largest absolute Gasteiger partial charge is 0.484 e. The molecule has 0 bridgehead atoms. The minimum atomic E-state index is -4.49. The molecule has 0 fully saturated rings. The number of methoxy groups -OCH3 is 1. The molecule has 0 aliphatic carbocycles. The van der Waals surface area contributed by atoms with Gasteiger partial charge >= 0.3 is 12.2 Å². The van der Waals surface area contributed by atoms with Crippen molar-refractivity contribution < 1.29 is 32.2 Å². The molecule has 3 amide bonds. The lowest BCUT2D eigenvalue weighted by molar-refractivity contribution is -0.153. The molecule has 34 heavy (non-hydrogen) atoms.